The van der Waals surface area contributed by atoms with Crippen LogP contribution in [-0.4, -0.2) is 13.1 Å². The Balaban J connectivity index is 1.86. The average Bonchev–Trinajstić information content (AvgIpc) is 3.21. The van der Waals surface area contributed by atoms with Crippen molar-refractivity contribution in [2.75, 3.05) is 13.1 Å². The molecule has 0 bridgehead atoms. The molecule has 0 atom stereocenters. The fourth-order valence-corrected chi connectivity index (χ4v) is 2.84. The number of nitrogens with one attached hydrogen (secondary N) is 1. The fraction of sp³-hybridized carbons (Fsp3) is 0.533. The highest BCUT2D eigenvalue weighted by Gasteiger charge is 2.44. The first-order chi connectivity index (χ1) is 8.34. The van der Waals surface area contributed by atoms with Crippen LogP contribution in [0.5, 0.6) is 0 Å². The first-order valence-corrected chi connectivity index (χ1v) is 6.56. The predicted molar refractivity (Wildman–Crippen MR) is 67.8 cm³/mol. The van der Waals surface area contributed by atoms with Crippen LogP contribution in [0.3, 0.4) is 0 Å². The van der Waals surface area contributed by atoms with Crippen LogP contribution in [0.2, 0.25) is 0 Å². The number of nitriles is 1. The molecule has 88 valence electrons. The van der Waals surface area contributed by atoms with Gasteiger partial charge in [-0.3, -0.25) is 0 Å². The lowest BCUT2D eigenvalue weighted by Gasteiger charge is -2.23. The maximum Gasteiger partial charge on any atom is 0.0823 e. The lowest BCUT2D eigenvalue weighted by Crippen LogP contribution is -2.26. The first kappa shape index (κ1) is 10.8. The number of nitrogens with zero attached hydrogens (tertiary/aromatic N) is 1. The van der Waals surface area contributed by atoms with Crippen molar-refractivity contribution in [3.63, 3.8) is 0 Å². The Kier molecular flexibility index (Phi) is 2.64. The summed E-state index contributed by atoms with van der Waals surface area (Å²) in [5.74, 6) is 0.686. The van der Waals surface area contributed by atoms with Gasteiger partial charge in [0.25, 0.3) is 0 Å². The molecule has 1 heterocycles. The van der Waals surface area contributed by atoms with E-state index in [0.29, 0.717) is 5.92 Å². The van der Waals surface area contributed by atoms with Gasteiger partial charge in [-0.1, -0.05) is 24.3 Å². The molecule has 1 saturated carbocycles. The van der Waals surface area contributed by atoms with Gasteiger partial charge in [0.1, 0.15) is 0 Å². The molecule has 2 aliphatic rings. The Hall–Kier alpha value is -1.33. The minimum atomic E-state index is -0.136. The van der Waals surface area contributed by atoms with Gasteiger partial charge < -0.3 is 5.32 Å². The normalized spacial score (nSPS) is 23.0. The summed E-state index contributed by atoms with van der Waals surface area (Å²) in [5, 5.41) is 12.7. The van der Waals surface area contributed by atoms with E-state index in [0.717, 1.165) is 25.9 Å². The van der Waals surface area contributed by atoms with Gasteiger partial charge in [-0.2, -0.15) is 5.26 Å². The summed E-state index contributed by atoms with van der Waals surface area (Å²) in [4.78, 5) is 0. The second-order valence-corrected chi connectivity index (χ2v) is 5.34. The lowest BCUT2D eigenvalue weighted by molar-refractivity contribution is 0.460. The summed E-state index contributed by atoms with van der Waals surface area (Å²) in [6.45, 7) is 2.25. The van der Waals surface area contributed by atoms with Crippen molar-refractivity contribution in [3.05, 3.63) is 35.4 Å². The van der Waals surface area contributed by atoms with Crippen LogP contribution in [0.4, 0.5) is 0 Å². The van der Waals surface area contributed by atoms with Crippen molar-refractivity contribution in [1.82, 2.24) is 5.32 Å². The number of rotatable bonds is 2. The van der Waals surface area contributed by atoms with Crippen LogP contribution in [0.25, 0.3) is 0 Å². The number of piperidine rings is 1. The van der Waals surface area contributed by atoms with Crippen LogP contribution >= 0.6 is 0 Å². The molecule has 1 saturated heterocycles. The molecule has 0 amide bonds. The van der Waals surface area contributed by atoms with Gasteiger partial charge in [-0.05, 0) is 55.8 Å². The van der Waals surface area contributed by atoms with E-state index in [-0.39, 0.29) is 5.41 Å². The SMILES string of the molecule is N#CC1(c2cccc(C3CCNCC3)c2)CC1. The Bertz CT molecular complexity index is 448. The van der Waals surface area contributed by atoms with Crippen LogP contribution in [0.15, 0.2) is 24.3 Å². The molecule has 1 aromatic carbocycles. The zero-order chi connectivity index (χ0) is 11.7. The molecule has 1 aliphatic carbocycles. The van der Waals surface area contributed by atoms with Crippen LogP contribution < -0.4 is 5.32 Å². The molecular formula is C15H18N2. The molecule has 17 heavy (non-hydrogen) atoms. The zero-order valence-corrected chi connectivity index (χ0v) is 10.1. The van der Waals surface area contributed by atoms with E-state index in [9.17, 15) is 5.26 Å². The summed E-state index contributed by atoms with van der Waals surface area (Å²) in [6.07, 6.45) is 4.53. The molecule has 1 aliphatic heterocycles. The smallest absolute Gasteiger partial charge is 0.0823 e. The van der Waals surface area contributed by atoms with Crippen LogP contribution in [0, 0.1) is 11.3 Å². The van der Waals surface area contributed by atoms with Crippen molar-refractivity contribution in [1.29, 1.82) is 5.26 Å². The summed E-state index contributed by atoms with van der Waals surface area (Å²) >= 11 is 0. The minimum absolute atomic E-state index is 0.136. The summed E-state index contributed by atoms with van der Waals surface area (Å²) < 4.78 is 0. The third-order valence-electron chi connectivity index (χ3n) is 4.21. The summed E-state index contributed by atoms with van der Waals surface area (Å²) in [6, 6.07) is 11.3. The molecule has 0 radical (unpaired) electrons. The second-order valence-electron chi connectivity index (χ2n) is 5.34. The number of benzene rings is 1. The van der Waals surface area contributed by atoms with Crippen molar-refractivity contribution in [3.8, 4) is 6.07 Å². The highest BCUT2D eigenvalue weighted by Crippen LogP contribution is 2.48. The first-order valence-electron chi connectivity index (χ1n) is 6.56. The Morgan fingerprint density at radius 3 is 2.65 bits per heavy atom. The lowest BCUT2D eigenvalue weighted by atomic mass is 9.87. The van der Waals surface area contributed by atoms with Crippen molar-refractivity contribution < 1.29 is 0 Å². The van der Waals surface area contributed by atoms with Gasteiger partial charge in [0.2, 0.25) is 0 Å². The van der Waals surface area contributed by atoms with Gasteiger partial charge in [-0.15, -0.1) is 0 Å². The maximum absolute atomic E-state index is 9.25. The second kappa shape index (κ2) is 4.16. The topological polar surface area (TPSA) is 35.8 Å². The van der Waals surface area contributed by atoms with E-state index in [1.165, 1.54) is 24.0 Å². The standard InChI is InChI=1S/C15H18N2/c16-11-15(6-7-15)14-3-1-2-13(10-14)12-4-8-17-9-5-12/h1-3,10,12,17H,4-9H2. The highest BCUT2D eigenvalue weighted by molar-refractivity contribution is 5.41. The van der Waals surface area contributed by atoms with Gasteiger partial charge in [0, 0.05) is 0 Å². The van der Waals surface area contributed by atoms with E-state index in [1.54, 1.807) is 0 Å². The molecule has 2 fully saturated rings. The van der Waals surface area contributed by atoms with E-state index >= 15 is 0 Å². The van der Waals surface area contributed by atoms with Gasteiger partial charge in [0.05, 0.1) is 11.5 Å². The van der Waals surface area contributed by atoms with Crippen molar-refractivity contribution in [2.45, 2.75) is 37.0 Å². The highest BCUT2D eigenvalue weighted by atomic mass is 14.9. The summed E-state index contributed by atoms with van der Waals surface area (Å²) in [5.41, 5.74) is 2.55. The quantitative estimate of drug-likeness (QED) is 0.841. The van der Waals surface area contributed by atoms with Gasteiger partial charge in [0.15, 0.2) is 0 Å². The minimum Gasteiger partial charge on any atom is -0.317 e. The fourth-order valence-electron chi connectivity index (χ4n) is 2.84. The largest absolute Gasteiger partial charge is 0.317 e. The molecule has 0 unspecified atom stereocenters. The van der Waals surface area contributed by atoms with Crippen molar-refractivity contribution >= 4 is 0 Å². The van der Waals surface area contributed by atoms with E-state index in [1.807, 2.05) is 0 Å². The molecule has 1 N–H and O–H groups in total. The van der Waals surface area contributed by atoms with E-state index in [4.69, 9.17) is 0 Å². The van der Waals surface area contributed by atoms with E-state index < -0.39 is 0 Å². The van der Waals surface area contributed by atoms with E-state index in [2.05, 4.69) is 35.7 Å². The summed E-state index contributed by atoms with van der Waals surface area (Å²) in [7, 11) is 0. The van der Waals surface area contributed by atoms with Crippen LogP contribution in [0.1, 0.15) is 42.7 Å². The molecule has 0 aromatic heterocycles. The predicted octanol–water partition coefficient (Wildman–Crippen LogP) is 2.71. The molecular weight excluding hydrogens is 208 g/mol. The van der Waals surface area contributed by atoms with Gasteiger partial charge >= 0.3 is 0 Å². The van der Waals surface area contributed by atoms with Crippen molar-refractivity contribution in [2.24, 2.45) is 0 Å². The number of hydrogen-bond donors (Lipinski definition) is 1. The third kappa shape index (κ3) is 1.96. The van der Waals surface area contributed by atoms with Gasteiger partial charge in [-0.25, -0.2) is 0 Å². The molecule has 1 aromatic rings. The van der Waals surface area contributed by atoms with Crippen LogP contribution in [-0.2, 0) is 5.41 Å². The molecule has 3 rings (SSSR count). The number of hydrogen-bond acceptors (Lipinski definition) is 2. The third-order valence-corrected chi connectivity index (χ3v) is 4.21. The molecule has 2 heteroatoms. The average molecular weight is 226 g/mol. The zero-order valence-electron chi connectivity index (χ0n) is 10.1. The monoisotopic (exact) mass is 226 g/mol. The maximum atomic E-state index is 9.25. The Labute approximate surface area is 103 Å². The Morgan fingerprint density at radius 1 is 1.24 bits per heavy atom. The molecule has 0 spiro atoms. The molecule has 2 nitrogen and oxygen atoms in total. The Morgan fingerprint density at radius 2 is 2.00 bits per heavy atom.